The van der Waals surface area contributed by atoms with E-state index in [0.29, 0.717) is 77.3 Å². The third kappa shape index (κ3) is 27.6. The van der Waals surface area contributed by atoms with Gasteiger partial charge in [0.15, 0.2) is 31.5 Å². The largest absolute Gasteiger partial charge is 0.394 e. The van der Waals surface area contributed by atoms with Crippen LogP contribution in [0.4, 0.5) is 0 Å². The molecule has 25 atom stereocenters. The van der Waals surface area contributed by atoms with E-state index < -0.39 is 224 Å². The lowest BCUT2D eigenvalue weighted by molar-refractivity contribution is -0.366. The Hall–Kier alpha value is -4.10. The lowest BCUT2D eigenvalue weighted by Crippen LogP contribution is -2.65. The molecule has 0 saturated carbocycles. The first-order chi connectivity index (χ1) is 46.6. The number of hydrogen-bond donors (Lipinski definition) is 22. The minimum atomic E-state index is -1.97. The second kappa shape index (κ2) is 45.1. The number of hydrogen-bond acceptors (Lipinski definition) is 34. The van der Waals surface area contributed by atoms with Gasteiger partial charge >= 0.3 is 0 Å². The van der Waals surface area contributed by atoms with E-state index in [-0.39, 0.29) is 50.4 Å². The molecule has 0 bridgehead atoms. The summed E-state index contributed by atoms with van der Waals surface area (Å²) in [6.45, 7) is 1.34. The summed E-state index contributed by atoms with van der Waals surface area (Å²) < 4.78 is 54.8. The Bertz CT molecular complexity index is 2330. The zero-order chi connectivity index (χ0) is 72.8. The molecule has 0 spiro atoms. The van der Waals surface area contributed by atoms with Crippen LogP contribution in [0.25, 0.3) is 0 Å². The first kappa shape index (κ1) is 86.3. The topological polar surface area (TPSA) is 602 Å². The molecule has 0 aromatic heterocycles. The van der Waals surface area contributed by atoms with Crippen LogP contribution in [-0.4, -0.2) is 379 Å². The molecule has 0 aliphatic carbocycles. The molecule has 5 amide bonds. The number of carbonyl (C=O) groups excluding carboxylic acids is 6. The molecule has 5 aliphatic rings. The molecule has 0 aromatic carbocycles. The van der Waals surface area contributed by atoms with Crippen molar-refractivity contribution in [2.45, 2.75) is 239 Å². The Morgan fingerprint density at radius 3 is 1.21 bits per heavy atom. The molecule has 22 N–H and O–H groups in total. The highest BCUT2D eigenvalue weighted by Crippen LogP contribution is 2.32. The number of ether oxygens (including phenoxy) is 10. The molecule has 98 heavy (non-hydrogen) atoms. The summed E-state index contributed by atoms with van der Waals surface area (Å²) in [6, 6.07) is 0. The summed E-state index contributed by atoms with van der Waals surface area (Å²) in [4.78, 5) is 75.2. The van der Waals surface area contributed by atoms with Gasteiger partial charge < -0.3 is 161 Å². The number of carbonyl (C=O) groups is 6. The number of nitrogens with zero attached hydrogens (tertiary/aromatic N) is 1. The van der Waals surface area contributed by atoms with Gasteiger partial charge in [0.2, 0.25) is 29.5 Å². The lowest BCUT2D eigenvalue weighted by atomic mass is 9.96. The molecule has 5 rings (SSSR count). The van der Waals surface area contributed by atoms with Gasteiger partial charge in [-0.3, -0.25) is 33.7 Å². The number of aliphatic hydroxyl groups excluding tert-OH is 17. The van der Waals surface area contributed by atoms with Crippen molar-refractivity contribution in [2.75, 3.05) is 98.6 Å². The molecule has 5 aliphatic heterocycles. The summed E-state index contributed by atoms with van der Waals surface area (Å²) in [5.74, 6) is -1.90. The Morgan fingerprint density at radius 1 is 0.357 bits per heavy atom. The molecule has 5 fully saturated rings. The van der Waals surface area contributed by atoms with Gasteiger partial charge in [-0.1, -0.05) is 6.42 Å². The van der Waals surface area contributed by atoms with Gasteiger partial charge in [-0.15, -0.1) is 0 Å². The predicted molar refractivity (Wildman–Crippen MR) is 327 cm³/mol. The summed E-state index contributed by atoms with van der Waals surface area (Å²) in [7, 11) is 0. The van der Waals surface area contributed by atoms with Crippen LogP contribution in [0, 0.1) is 0 Å². The molecular formula is C59H106N6O33. The van der Waals surface area contributed by atoms with Crippen molar-refractivity contribution in [3.05, 3.63) is 0 Å². The SMILES string of the molecule is CCNC(=O)CCCCC(=O)CCCO[C@H]1O[C@H](CO)[C@@H](O)[C@H](O)[C@@H]1O.CCNC(=O)CCCCCNC(=O)CN(CC(=O)NCCO[C@@H]1O[C@@H](C)[C@@H](O)[C@@H](O)[C@@H]1O)CC(=O)NCCO[C@H]1O[C@H](CO[C@H]2O[C@H](CO)[C@@H](O)[C@H](O)[C@@H]2O)[C@@H](O)[C@H](O[C@H]2O[C@H](CO)[C@@H](O)[C@H](O)[C@@H]2O)[C@@H]1O. The minimum Gasteiger partial charge on any atom is -0.394 e. The summed E-state index contributed by atoms with van der Waals surface area (Å²) in [5, 5.41) is 185. The van der Waals surface area contributed by atoms with Crippen LogP contribution >= 0.6 is 0 Å². The highest BCUT2D eigenvalue weighted by molar-refractivity contribution is 5.84. The maximum absolute atomic E-state index is 13.2. The van der Waals surface area contributed by atoms with Crippen molar-refractivity contribution < 1.29 is 163 Å². The fraction of sp³-hybridized carbons (Fsp3) is 0.898. The van der Waals surface area contributed by atoms with Gasteiger partial charge in [0.25, 0.3) is 0 Å². The quantitative estimate of drug-likeness (QED) is 0.0253. The van der Waals surface area contributed by atoms with Gasteiger partial charge in [0, 0.05) is 58.4 Å². The number of aliphatic hydroxyl groups is 17. The molecule has 5 heterocycles. The number of ketones is 1. The van der Waals surface area contributed by atoms with E-state index in [2.05, 4.69) is 26.6 Å². The average Bonchev–Trinajstić information content (AvgIpc) is 0.792. The van der Waals surface area contributed by atoms with Crippen LogP contribution in [-0.2, 0) is 76.1 Å². The van der Waals surface area contributed by atoms with E-state index in [1.54, 1.807) is 0 Å². The van der Waals surface area contributed by atoms with Gasteiger partial charge in [-0.25, -0.2) is 0 Å². The fourth-order valence-electron chi connectivity index (χ4n) is 10.7. The number of Topliss-reactive ketones (excluding diaryl/α,β-unsaturated/α-hetero) is 1. The molecular weight excluding hydrogens is 1320 g/mol. The van der Waals surface area contributed by atoms with E-state index in [4.69, 9.17) is 52.5 Å². The molecule has 39 nitrogen and oxygen atoms in total. The minimum absolute atomic E-state index is 0.00659. The van der Waals surface area contributed by atoms with Crippen molar-refractivity contribution in [2.24, 2.45) is 0 Å². The van der Waals surface area contributed by atoms with Gasteiger partial charge in [-0.05, 0) is 52.9 Å². The highest BCUT2D eigenvalue weighted by atomic mass is 16.8. The van der Waals surface area contributed by atoms with Crippen molar-refractivity contribution in [3.8, 4) is 0 Å². The molecule has 570 valence electrons. The van der Waals surface area contributed by atoms with Crippen LogP contribution in [0.5, 0.6) is 0 Å². The third-order valence-electron chi connectivity index (χ3n) is 16.4. The van der Waals surface area contributed by atoms with Crippen molar-refractivity contribution in [1.29, 1.82) is 0 Å². The van der Waals surface area contributed by atoms with E-state index in [1.807, 2.05) is 13.8 Å². The Morgan fingerprint density at radius 2 is 0.735 bits per heavy atom. The first-order valence-electron chi connectivity index (χ1n) is 32.9. The van der Waals surface area contributed by atoms with E-state index in [9.17, 15) is 110 Å². The summed E-state index contributed by atoms with van der Waals surface area (Å²) in [5.41, 5.74) is 0. The maximum atomic E-state index is 13.2. The molecule has 5 saturated heterocycles. The number of nitrogens with one attached hydrogen (secondary N) is 5. The van der Waals surface area contributed by atoms with Crippen molar-refractivity contribution in [3.63, 3.8) is 0 Å². The van der Waals surface area contributed by atoms with E-state index in [0.717, 1.165) is 0 Å². The number of amides is 5. The Balaban J connectivity index is 0.000000656. The maximum Gasteiger partial charge on any atom is 0.234 e. The smallest absolute Gasteiger partial charge is 0.234 e. The normalized spacial score (nSPS) is 35.0. The average molecular weight is 1430 g/mol. The predicted octanol–water partition coefficient (Wildman–Crippen LogP) is -11.5. The van der Waals surface area contributed by atoms with Crippen LogP contribution < -0.4 is 26.6 Å². The molecule has 39 heteroatoms. The molecule has 0 radical (unpaired) electrons. The monoisotopic (exact) mass is 1430 g/mol. The second-order valence-electron chi connectivity index (χ2n) is 24.1. The number of unbranched alkanes of at least 4 members (excludes halogenated alkanes) is 3. The Kier molecular flexibility index (Phi) is 39.7. The first-order valence-corrected chi connectivity index (χ1v) is 32.9. The fourth-order valence-corrected chi connectivity index (χ4v) is 10.7. The second-order valence-corrected chi connectivity index (χ2v) is 24.1. The summed E-state index contributed by atoms with van der Waals surface area (Å²) >= 11 is 0. The molecule has 0 unspecified atom stereocenters. The van der Waals surface area contributed by atoms with E-state index >= 15 is 0 Å². The standard InChI is InChI=1S/C42H75N5O25.C17H31NO8/c1-3-43-23(50)7-5-4-6-8-44-24(51)13-47(14-25(52)45-9-11-65-39-34(61)31(58)27(54)19(2)68-39)15-26(53)46-10-12-66-41-37(64)38(72-42-36(63)33(60)29(56)21(17-49)70-42)30(57)22(71-41)18-67-40-35(62)32(59)28(55)20(16-48)69-40;1-2-18-13(21)8-4-3-6-11(20)7-5-9-25-17-16(24)15(23)14(22)12(10-19)26-17/h19-22,27-42,48-49,54-64H,3-18H2,1-2H3,(H,43,50)(H,44,51)(H,45,52)(H,46,53);12,14-17,19,22-24H,2-10H2,1H3,(H,18,21)/t19-,20+,21+,22+,27+,28+,29+,30+,31+,32-,33-,34-,35-,36-,37-,38-,39+,40-,41-,42+;12-,14-,15+,16+,17+/m01/s1. The van der Waals surface area contributed by atoms with Crippen molar-refractivity contribution in [1.82, 2.24) is 31.5 Å². The third-order valence-corrected chi connectivity index (χ3v) is 16.4. The zero-order valence-corrected chi connectivity index (χ0v) is 55.2. The van der Waals surface area contributed by atoms with Crippen LogP contribution in [0.2, 0.25) is 0 Å². The summed E-state index contributed by atoms with van der Waals surface area (Å²) in [6.07, 6.45) is -34.5. The number of rotatable bonds is 40. The van der Waals surface area contributed by atoms with Gasteiger partial charge in [0.05, 0.1) is 72.0 Å². The van der Waals surface area contributed by atoms with Gasteiger partial charge in [0.1, 0.15) is 122 Å². The van der Waals surface area contributed by atoms with Crippen LogP contribution in [0.3, 0.4) is 0 Å². The van der Waals surface area contributed by atoms with E-state index in [1.165, 1.54) is 11.8 Å². The van der Waals surface area contributed by atoms with Crippen molar-refractivity contribution >= 4 is 35.3 Å². The zero-order valence-electron chi connectivity index (χ0n) is 55.2. The van der Waals surface area contributed by atoms with Crippen LogP contribution in [0.15, 0.2) is 0 Å². The highest BCUT2D eigenvalue weighted by Gasteiger charge is 2.53. The lowest BCUT2D eigenvalue weighted by Gasteiger charge is -2.46. The van der Waals surface area contributed by atoms with Gasteiger partial charge in [-0.2, -0.15) is 0 Å². The molecule has 0 aromatic rings. The van der Waals surface area contributed by atoms with Crippen LogP contribution in [0.1, 0.15) is 85.0 Å². The Labute approximate surface area is 565 Å².